The zero-order valence-corrected chi connectivity index (χ0v) is 17.6. The van der Waals surface area contributed by atoms with E-state index in [0.29, 0.717) is 24.8 Å². The summed E-state index contributed by atoms with van der Waals surface area (Å²) in [6.07, 6.45) is -6.28. The summed E-state index contributed by atoms with van der Waals surface area (Å²) >= 11 is 0. The number of fused-ring (bicyclic) bond motifs is 1. The SMILES string of the molecule is O=C1OC(CCc2ccc(O)cc2)Cc2cc(OC3OC(CO)C(O)C(O)C3O)cc(O)c21. The molecule has 0 radical (unpaired) electrons. The number of aliphatic hydroxyl groups excluding tert-OH is 4. The molecular weight excluding hydrogens is 436 g/mol. The minimum absolute atomic E-state index is 0.0250. The number of carbonyl (C=O) groups excluding carboxylic acids is 1. The van der Waals surface area contributed by atoms with Crippen molar-refractivity contribution in [1.82, 2.24) is 0 Å². The van der Waals surface area contributed by atoms with Gasteiger partial charge in [0.1, 0.15) is 53.3 Å². The lowest BCUT2D eigenvalue weighted by molar-refractivity contribution is -0.277. The number of aryl methyl sites for hydroxylation is 1. The summed E-state index contributed by atoms with van der Waals surface area (Å²) in [7, 11) is 0. The van der Waals surface area contributed by atoms with E-state index in [0.717, 1.165) is 11.6 Å². The van der Waals surface area contributed by atoms with E-state index in [4.69, 9.17) is 14.2 Å². The number of hydrogen-bond donors (Lipinski definition) is 6. The first-order valence-corrected chi connectivity index (χ1v) is 10.6. The van der Waals surface area contributed by atoms with Crippen LogP contribution < -0.4 is 4.74 Å². The Hall–Kier alpha value is -2.89. The molecule has 0 aliphatic carbocycles. The zero-order valence-electron chi connectivity index (χ0n) is 17.6. The van der Waals surface area contributed by atoms with Crippen molar-refractivity contribution in [2.24, 2.45) is 0 Å². The second-order valence-corrected chi connectivity index (χ2v) is 8.23. The Kier molecular flexibility index (Phi) is 6.73. The lowest BCUT2D eigenvalue weighted by atomic mass is 9.94. The molecular formula is C23H26O10. The van der Waals surface area contributed by atoms with E-state index in [1.54, 1.807) is 24.3 Å². The summed E-state index contributed by atoms with van der Waals surface area (Å²) < 4.78 is 16.4. The first kappa shape index (κ1) is 23.3. The maximum absolute atomic E-state index is 12.5. The van der Waals surface area contributed by atoms with Crippen molar-refractivity contribution in [3.8, 4) is 17.2 Å². The van der Waals surface area contributed by atoms with Crippen LogP contribution in [0.5, 0.6) is 17.2 Å². The maximum Gasteiger partial charge on any atom is 0.342 e. The summed E-state index contributed by atoms with van der Waals surface area (Å²) in [5.74, 6) is -0.792. The lowest BCUT2D eigenvalue weighted by Crippen LogP contribution is -2.60. The molecule has 4 rings (SSSR count). The van der Waals surface area contributed by atoms with Crippen LogP contribution in [0.25, 0.3) is 0 Å². The number of aliphatic hydroxyl groups is 4. The summed E-state index contributed by atoms with van der Waals surface area (Å²) in [4.78, 5) is 12.5. The number of esters is 1. The summed E-state index contributed by atoms with van der Waals surface area (Å²) in [5, 5.41) is 59.1. The number of rotatable bonds is 6. The molecule has 10 nitrogen and oxygen atoms in total. The van der Waals surface area contributed by atoms with E-state index in [1.807, 2.05) is 0 Å². The van der Waals surface area contributed by atoms with Gasteiger partial charge in [0.2, 0.25) is 6.29 Å². The van der Waals surface area contributed by atoms with Gasteiger partial charge in [-0.25, -0.2) is 4.79 Å². The monoisotopic (exact) mass is 462 g/mol. The Morgan fingerprint density at radius 1 is 1.00 bits per heavy atom. The first-order chi connectivity index (χ1) is 15.8. The molecule has 6 unspecified atom stereocenters. The van der Waals surface area contributed by atoms with Crippen molar-refractivity contribution in [3.05, 3.63) is 53.1 Å². The number of aromatic hydroxyl groups is 2. The minimum Gasteiger partial charge on any atom is -0.508 e. The van der Waals surface area contributed by atoms with Gasteiger partial charge in [0.05, 0.1) is 6.61 Å². The van der Waals surface area contributed by atoms with Crippen LogP contribution in [0.4, 0.5) is 0 Å². The van der Waals surface area contributed by atoms with Gasteiger partial charge in [0.15, 0.2) is 0 Å². The molecule has 2 aromatic rings. The fourth-order valence-electron chi connectivity index (χ4n) is 4.07. The van der Waals surface area contributed by atoms with Crippen molar-refractivity contribution in [3.63, 3.8) is 0 Å². The number of hydrogen-bond acceptors (Lipinski definition) is 10. The highest BCUT2D eigenvalue weighted by molar-refractivity contribution is 5.95. The molecule has 2 heterocycles. The fraction of sp³-hybridized carbons (Fsp3) is 0.435. The molecule has 33 heavy (non-hydrogen) atoms. The second-order valence-electron chi connectivity index (χ2n) is 8.23. The number of phenolic OH excluding ortho intramolecular Hbond substituents is 2. The maximum atomic E-state index is 12.5. The van der Waals surface area contributed by atoms with Gasteiger partial charge >= 0.3 is 5.97 Å². The molecule has 2 aromatic carbocycles. The third-order valence-corrected chi connectivity index (χ3v) is 5.89. The summed E-state index contributed by atoms with van der Waals surface area (Å²) in [5.41, 5.74) is 1.48. The average Bonchev–Trinajstić information content (AvgIpc) is 2.78. The molecule has 178 valence electrons. The van der Waals surface area contributed by atoms with Crippen molar-refractivity contribution in [1.29, 1.82) is 0 Å². The van der Waals surface area contributed by atoms with Crippen LogP contribution in [0.1, 0.15) is 27.9 Å². The Morgan fingerprint density at radius 2 is 1.73 bits per heavy atom. The highest BCUT2D eigenvalue weighted by Gasteiger charge is 2.45. The van der Waals surface area contributed by atoms with Gasteiger partial charge in [-0.1, -0.05) is 12.1 Å². The molecule has 1 saturated heterocycles. The highest BCUT2D eigenvalue weighted by atomic mass is 16.7. The molecule has 0 saturated carbocycles. The van der Waals surface area contributed by atoms with Crippen LogP contribution >= 0.6 is 0 Å². The summed E-state index contributed by atoms with van der Waals surface area (Å²) in [6.45, 7) is -0.602. The number of ether oxygens (including phenoxy) is 3. The van der Waals surface area contributed by atoms with E-state index < -0.39 is 49.4 Å². The Bertz CT molecular complexity index is 989. The van der Waals surface area contributed by atoms with Crippen LogP contribution in [0.2, 0.25) is 0 Å². The van der Waals surface area contributed by atoms with Gasteiger partial charge in [0, 0.05) is 12.5 Å². The van der Waals surface area contributed by atoms with Crippen molar-refractivity contribution < 1.29 is 49.6 Å². The third kappa shape index (κ3) is 4.90. The first-order valence-electron chi connectivity index (χ1n) is 10.6. The molecule has 1 fully saturated rings. The van der Waals surface area contributed by atoms with E-state index in [2.05, 4.69) is 0 Å². The van der Waals surface area contributed by atoms with Crippen molar-refractivity contribution in [2.45, 2.75) is 56.1 Å². The van der Waals surface area contributed by atoms with Crippen molar-refractivity contribution >= 4 is 5.97 Å². The van der Waals surface area contributed by atoms with Crippen LogP contribution in [0.15, 0.2) is 36.4 Å². The van der Waals surface area contributed by atoms with E-state index >= 15 is 0 Å². The number of cyclic esters (lactones) is 1. The Balaban J connectivity index is 1.48. The standard InChI is InChI=1S/C23H26O10/c24-10-17-19(27)20(28)21(29)23(33-17)32-15-8-12-7-14(31-22(30)18(12)16(26)9-15)6-3-11-1-4-13(25)5-2-11/h1-2,4-5,8-9,14,17,19-21,23-29H,3,6-7,10H2. The molecule has 6 atom stereocenters. The molecule has 0 spiro atoms. The van der Waals surface area contributed by atoms with Gasteiger partial charge in [-0.3, -0.25) is 0 Å². The van der Waals surface area contributed by atoms with Crippen LogP contribution in [-0.4, -0.2) is 80.0 Å². The molecule has 6 N–H and O–H groups in total. The van der Waals surface area contributed by atoms with Crippen LogP contribution in [0, 0.1) is 0 Å². The molecule has 2 aliphatic rings. The van der Waals surface area contributed by atoms with Crippen LogP contribution in [-0.2, 0) is 22.3 Å². The van der Waals surface area contributed by atoms with Crippen LogP contribution in [0.3, 0.4) is 0 Å². The average molecular weight is 462 g/mol. The topological polar surface area (TPSA) is 166 Å². The van der Waals surface area contributed by atoms with Gasteiger partial charge in [-0.15, -0.1) is 0 Å². The van der Waals surface area contributed by atoms with Crippen molar-refractivity contribution in [2.75, 3.05) is 6.61 Å². The second kappa shape index (κ2) is 9.54. The predicted octanol–water partition coefficient (Wildman–Crippen LogP) is -0.00920. The van der Waals surface area contributed by atoms with Gasteiger partial charge in [-0.05, 0) is 42.2 Å². The molecule has 2 aliphatic heterocycles. The van der Waals surface area contributed by atoms with Gasteiger partial charge in [-0.2, -0.15) is 0 Å². The minimum atomic E-state index is -1.61. The molecule has 10 heteroatoms. The predicted molar refractivity (Wildman–Crippen MR) is 112 cm³/mol. The number of phenols is 2. The molecule has 0 amide bonds. The number of benzene rings is 2. The van der Waals surface area contributed by atoms with Gasteiger partial charge < -0.3 is 44.8 Å². The van der Waals surface area contributed by atoms with E-state index in [-0.39, 0.29) is 22.8 Å². The fourth-order valence-corrected chi connectivity index (χ4v) is 4.07. The van der Waals surface area contributed by atoms with E-state index in [1.165, 1.54) is 6.07 Å². The highest BCUT2D eigenvalue weighted by Crippen LogP contribution is 2.35. The largest absolute Gasteiger partial charge is 0.508 e. The lowest BCUT2D eigenvalue weighted by Gasteiger charge is -2.39. The van der Waals surface area contributed by atoms with Gasteiger partial charge in [0.25, 0.3) is 0 Å². The quantitative estimate of drug-likeness (QED) is 0.322. The summed E-state index contributed by atoms with van der Waals surface area (Å²) in [6, 6.07) is 9.41. The molecule has 0 aromatic heterocycles. The molecule has 0 bridgehead atoms. The third-order valence-electron chi connectivity index (χ3n) is 5.89. The Morgan fingerprint density at radius 3 is 2.42 bits per heavy atom. The van der Waals surface area contributed by atoms with E-state index in [9.17, 15) is 35.4 Å². The normalized spacial score (nSPS) is 29.3. The smallest absolute Gasteiger partial charge is 0.342 e. The number of carbonyl (C=O) groups is 1. The Labute approximate surface area is 189 Å². The zero-order chi connectivity index (χ0) is 23.7.